The summed E-state index contributed by atoms with van der Waals surface area (Å²) in [6.45, 7) is -0.774. The summed E-state index contributed by atoms with van der Waals surface area (Å²) in [6, 6.07) is 0. The van der Waals surface area contributed by atoms with Crippen molar-refractivity contribution in [3.05, 3.63) is 0 Å². The second-order valence-electron chi connectivity index (χ2n) is 3.63. The fraction of sp³-hybridized carbons (Fsp3) is 0.875. The molecule has 1 rings (SSSR count). The van der Waals surface area contributed by atoms with Gasteiger partial charge in [0, 0.05) is 6.54 Å². The zero-order chi connectivity index (χ0) is 11.6. The summed E-state index contributed by atoms with van der Waals surface area (Å²) in [5.74, 6) is 0. The summed E-state index contributed by atoms with van der Waals surface area (Å²) in [4.78, 5) is 12.8. The normalized spacial score (nSPS) is 22.5. The Morgan fingerprint density at radius 2 is 2.20 bits per heavy atom. The Morgan fingerprint density at radius 1 is 1.60 bits per heavy atom. The van der Waals surface area contributed by atoms with Gasteiger partial charge in [-0.2, -0.15) is 13.2 Å². The van der Waals surface area contributed by atoms with Crippen LogP contribution in [0.15, 0.2) is 0 Å². The van der Waals surface area contributed by atoms with E-state index in [9.17, 15) is 18.0 Å². The highest BCUT2D eigenvalue weighted by molar-refractivity contribution is 5.65. The van der Waals surface area contributed by atoms with Crippen molar-refractivity contribution in [2.24, 2.45) is 0 Å². The van der Waals surface area contributed by atoms with Crippen LogP contribution in [-0.4, -0.2) is 53.5 Å². The molecule has 1 aliphatic rings. The van der Waals surface area contributed by atoms with Gasteiger partial charge in [-0.3, -0.25) is 9.80 Å². The van der Waals surface area contributed by atoms with Crippen molar-refractivity contribution < 1.29 is 23.1 Å². The second-order valence-corrected chi connectivity index (χ2v) is 3.63. The van der Waals surface area contributed by atoms with Gasteiger partial charge in [0.2, 0.25) is 0 Å². The van der Waals surface area contributed by atoms with Gasteiger partial charge in [-0.15, -0.1) is 0 Å². The van der Waals surface area contributed by atoms with Gasteiger partial charge in [0.15, 0.2) is 0 Å². The number of halogens is 3. The molecule has 0 aromatic rings. The Labute approximate surface area is 85.3 Å². The van der Waals surface area contributed by atoms with Crippen LogP contribution < -0.4 is 0 Å². The molecular weight excluding hydrogens is 213 g/mol. The van der Waals surface area contributed by atoms with Crippen molar-refractivity contribution in [1.29, 1.82) is 0 Å². The standard InChI is InChI=1S/C8H13F3N2O2/c1-12(5-8(9,10)11)6-3-2-4-13(6)7(14)15/h6H,2-5H2,1H3,(H,14,15). The van der Waals surface area contributed by atoms with Crippen molar-refractivity contribution in [2.75, 3.05) is 20.1 Å². The van der Waals surface area contributed by atoms with Crippen molar-refractivity contribution >= 4 is 6.09 Å². The number of rotatable bonds is 2. The number of likely N-dealkylation sites (tertiary alicyclic amines) is 1. The number of alkyl halides is 3. The number of hydrogen-bond acceptors (Lipinski definition) is 2. The minimum absolute atomic E-state index is 0.308. The predicted molar refractivity (Wildman–Crippen MR) is 46.4 cm³/mol. The van der Waals surface area contributed by atoms with Crippen LogP contribution in [0.5, 0.6) is 0 Å². The Kier molecular flexibility index (Phi) is 3.43. The lowest BCUT2D eigenvalue weighted by atomic mass is 10.3. The van der Waals surface area contributed by atoms with E-state index in [4.69, 9.17) is 5.11 Å². The first-order valence-electron chi connectivity index (χ1n) is 4.58. The first kappa shape index (κ1) is 12.1. The van der Waals surface area contributed by atoms with Crippen LogP contribution in [0.3, 0.4) is 0 Å². The molecule has 0 spiro atoms. The fourth-order valence-corrected chi connectivity index (χ4v) is 1.82. The van der Waals surface area contributed by atoms with Gasteiger partial charge in [0.05, 0.1) is 12.7 Å². The Hall–Kier alpha value is -0.980. The molecule has 1 heterocycles. The third-order valence-corrected chi connectivity index (χ3v) is 2.40. The van der Waals surface area contributed by atoms with E-state index in [2.05, 4.69) is 0 Å². The van der Waals surface area contributed by atoms with Crippen LogP contribution in [-0.2, 0) is 0 Å². The molecule has 88 valence electrons. The van der Waals surface area contributed by atoms with E-state index in [0.29, 0.717) is 19.4 Å². The first-order chi connectivity index (χ1) is 6.81. The number of carboxylic acid groups (broad SMARTS) is 1. The summed E-state index contributed by atoms with van der Waals surface area (Å²) in [5, 5.41) is 8.75. The second kappa shape index (κ2) is 4.26. The Bertz CT molecular complexity index is 245. The maximum absolute atomic E-state index is 12.1. The van der Waals surface area contributed by atoms with Crippen molar-refractivity contribution in [3.8, 4) is 0 Å². The van der Waals surface area contributed by atoms with E-state index < -0.39 is 25.0 Å². The number of hydrogen-bond donors (Lipinski definition) is 1. The molecule has 0 aromatic carbocycles. The molecule has 15 heavy (non-hydrogen) atoms. The summed E-state index contributed by atoms with van der Waals surface area (Å²) >= 11 is 0. The van der Waals surface area contributed by atoms with E-state index in [0.717, 1.165) is 9.80 Å². The molecule has 0 radical (unpaired) electrons. The molecule has 0 bridgehead atoms. The van der Waals surface area contributed by atoms with Gasteiger partial charge in [0.1, 0.15) is 0 Å². The van der Waals surface area contributed by atoms with Crippen molar-refractivity contribution in [1.82, 2.24) is 9.80 Å². The third-order valence-electron chi connectivity index (χ3n) is 2.40. The van der Waals surface area contributed by atoms with Gasteiger partial charge < -0.3 is 5.11 Å². The molecule has 1 aliphatic heterocycles. The highest BCUT2D eigenvalue weighted by Crippen LogP contribution is 2.23. The summed E-state index contributed by atoms with van der Waals surface area (Å²) < 4.78 is 36.2. The van der Waals surface area contributed by atoms with Crippen LogP contribution in [0.2, 0.25) is 0 Å². The van der Waals surface area contributed by atoms with Crippen LogP contribution in [0, 0.1) is 0 Å². The molecule has 7 heteroatoms. The molecule has 0 aliphatic carbocycles. The SMILES string of the molecule is CN(CC(F)(F)F)C1CCCN1C(=O)O. The molecule has 1 N–H and O–H groups in total. The molecule has 0 aromatic heterocycles. The van der Waals surface area contributed by atoms with Crippen LogP contribution in [0.1, 0.15) is 12.8 Å². The molecule has 1 atom stereocenters. The summed E-state index contributed by atoms with van der Waals surface area (Å²) in [7, 11) is 1.29. The maximum Gasteiger partial charge on any atom is 0.408 e. The van der Waals surface area contributed by atoms with E-state index in [1.807, 2.05) is 0 Å². The van der Waals surface area contributed by atoms with E-state index in [1.165, 1.54) is 7.05 Å². The Balaban J connectivity index is 2.58. The van der Waals surface area contributed by atoms with E-state index in [-0.39, 0.29) is 0 Å². The quantitative estimate of drug-likeness (QED) is 0.777. The van der Waals surface area contributed by atoms with Gasteiger partial charge in [-0.05, 0) is 19.9 Å². The van der Waals surface area contributed by atoms with Crippen LogP contribution in [0.4, 0.5) is 18.0 Å². The summed E-state index contributed by atoms with van der Waals surface area (Å²) in [6.07, 6.45) is -5.03. The lowest BCUT2D eigenvalue weighted by molar-refractivity contribution is -0.152. The highest BCUT2D eigenvalue weighted by Gasteiger charge is 2.37. The highest BCUT2D eigenvalue weighted by atomic mass is 19.4. The van der Waals surface area contributed by atoms with Gasteiger partial charge in [-0.1, -0.05) is 0 Å². The van der Waals surface area contributed by atoms with E-state index >= 15 is 0 Å². The minimum Gasteiger partial charge on any atom is -0.465 e. The van der Waals surface area contributed by atoms with Crippen molar-refractivity contribution in [3.63, 3.8) is 0 Å². The maximum atomic E-state index is 12.1. The average molecular weight is 226 g/mol. The molecule has 1 amide bonds. The third kappa shape index (κ3) is 3.26. The van der Waals surface area contributed by atoms with Gasteiger partial charge in [-0.25, -0.2) is 4.79 Å². The molecule has 1 saturated heterocycles. The van der Waals surface area contributed by atoms with Gasteiger partial charge in [0.25, 0.3) is 0 Å². The number of nitrogens with zero attached hydrogens (tertiary/aromatic N) is 2. The fourth-order valence-electron chi connectivity index (χ4n) is 1.82. The smallest absolute Gasteiger partial charge is 0.408 e. The average Bonchev–Trinajstić information content (AvgIpc) is 2.47. The molecule has 0 saturated carbocycles. The predicted octanol–water partition coefficient (Wildman–Crippen LogP) is 1.58. The number of carbonyl (C=O) groups is 1. The first-order valence-corrected chi connectivity index (χ1v) is 4.58. The zero-order valence-electron chi connectivity index (χ0n) is 8.29. The number of amides is 1. The monoisotopic (exact) mass is 226 g/mol. The molecular formula is C8H13F3N2O2. The topological polar surface area (TPSA) is 43.8 Å². The Morgan fingerprint density at radius 3 is 2.67 bits per heavy atom. The van der Waals surface area contributed by atoms with Crippen LogP contribution >= 0.6 is 0 Å². The van der Waals surface area contributed by atoms with Crippen LogP contribution in [0.25, 0.3) is 0 Å². The minimum atomic E-state index is -4.29. The molecule has 1 fully saturated rings. The van der Waals surface area contributed by atoms with Crippen molar-refractivity contribution in [2.45, 2.75) is 25.2 Å². The zero-order valence-corrected chi connectivity index (χ0v) is 8.29. The van der Waals surface area contributed by atoms with E-state index in [1.54, 1.807) is 0 Å². The lowest BCUT2D eigenvalue weighted by Gasteiger charge is -2.30. The largest absolute Gasteiger partial charge is 0.465 e. The molecule has 1 unspecified atom stereocenters. The lowest BCUT2D eigenvalue weighted by Crippen LogP contribution is -2.48. The van der Waals surface area contributed by atoms with Gasteiger partial charge >= 0.3 is 12.3 Å². The summed E-state index contributed by atoms with van der Waals surface area (Å²) in [5.41, 5.74) is 0. The molecule has 4 nitrogen and oxygen atoms in total.